The van der Waals surface area contributed by atoms with Gasteiger partial charge < -0.3 is 15.2 Å². The molecule has 114 valence electrons. The lowest BCUT2D eigenvalue weighted by atomic mass is 9.86. The molecule has 1 aromatic carbocycles. The summed E-state index contributed by atoms with van der Waals surface area (Å²) in [5.41, 5.74) is 2.16. The lowest BCUT2D eigenvalue weighted by Crippen LogP contribution is -2.38. The van der Waals surface area contributed by atoms with Crippen molar-refractivity contribution < 1.29 is 4.79 Å². The molecule has 2 unspecified atom stereocenters. The number of aromatic amines is 1. The normalized spacial score (nSPS) is 23.7. The minimum absolute atomic E-state index is 0.0630. The Morgan fingerprint density at radius 2 is 1.91 bits per heavy atom. The van der Waals surface area contributed by atoms with Crippen molar-refractivity contribution in [1.82, 2.24) is 15.2 Å². The van der Waals surface area contributed by atoms with Crippen LogP contribution in [0.4, 0.5) is 4.79 Å². The van der Waals surface area contributed by atoms with E-state index in [1.165, 1.54) is 5.39 Å². The molecule has 1 aliphatic heterocycles. The smallest absolute Gasteiger partial charge is 0.317 e. The topological polar surface area (TPSA) is 48.1 Å². The molecule has 1 aliphatic carbocycles. The molecule has 0 radical (unpaired) electrons. The summed E-state index contributed by atoms with van der Waals surface area (Å²) in [5, 5.41) is 4.23. The van der Waals surface area contributed by atoms with Crippen LogP contribution in [0.1, 0.15) is 18.5 Å². The van der Waals surface area contributed by atoms with Gasteiger partial charge in [0.15, 0.2) is 0 Å². The first-order valence-electron chi connectivity index (χ1n) is 8.04. The van der Waals surface area contributed by atoms with Gasteiger partial charge in [-0.25, -0.2) is 4.79 Å². The number of urea groups is 1. The Bertz CT molecular complexity index is 669. The Morgan fingerprint density at radius 1 is 1.18 bits per heavy atom. The molecular weight excluding hydrogens is 274 g/mol. The molecule has 22 heavy (non-hydrogen) atoms. The second-order valence-corrected chi connectivity index (χ2v) is 6.41. The highest BCUT2D eigenvalue weighted by Crippen LogP contribution is 2.32. The van der Waals surface area contributed by atoms with Crippen LogP contribution in [0, 0.1) is 11.8 Å². The second kappa shape index (κ2) is 5.52. The summed E-state index contributed by atoms with van der Waals surface area (Å²) in [6, 6.07) is 10.3. The number of amides is 2. The Hall–Kier alpha value is -2.23. The third-order valence-corrected chi connectivity index (χ3v) is 4.92. The molecular formula is C18H21N3O. The van der Waals surface area contributed by atoms with Crippen molar-refractivity contribution in [2.75, 3.05) is 13.1 Å². The van der Waals surface area contributed by atoms with E-state index in [1.807, 2.05) is 17.0 Å². The number of fused-ring (bicyclic) bond motifs is 2. The summed E-state index contributed by atoms with van der Waals surface area (Å²) in [6.07, 6.45) is 6.76. The highest BCUT2D eigenvalue weighted by molar-refractivity contribution is 5.80. The summed E-state index contributed by atoms with van der Waals surface area (Å²) in [4.78, 5) is 17.7. The van der Waals surface area contributed by atoms with E-state index in [2.05, 4.69) is 40.7 Å². The summed E-state index contributed by atoms with van der Waals surface area (Å²) < 4.78 is 0. The molecule has 2 amide bonds. The minimum atomic E-state index is 0.0630. The van der Waals surface area contributed by atoms with Gasteiger partial charge in [0.2, 0.25) is 0 Å². The third kappa shape index (κ3) is 2.49. The van der Waals surface area contributed by atoms with Crippen molar-refractivity contribution in [2.24, 2.45) is 11.8 Å². The summed E-state index contributed by atoms with van der Waals surface area (Å²) in [5.74, 6) is 1.31. The first-order chi connectivity index (χ1) is 10.8. The SMILES string of the molecule is O=C(NCc1cc2ccccc2[nH]1)N1CC2CC=CCC2C1. The fraction of sp³-hybridized carbons (Fsp3) is 0.389. The van der Waals surface area contributed by atoms with E-state index in [1.54, 1.807) is 0 Å². The lowest BCUT2D eigenvalue weighted by Gasteiger charge is -2.17. The number of carbonyl (C=O) groups is 1. The number of carbonyl (C=O) groups excluding carboxylic acids is 1. The van der Waals surface area contributed by atoms with E-state index in [0.717, 1.165) is 37.1 Å². The third-order valence-electron chi connectivity index (χ3n) is 4.92. The molecule has 0 saturated carbocycles. The number of allylic oxidation sites excluding steroid dienone is 2. The zero-order chi connectivity index (χ0) is 14.9. The molecule has 1 saturated heterocycles. The van der Waals surface area contributed by atoms with Crippen LogP contribution in [0.2, 0.25) is 0 Å². The van der Waals surface area contributed by atoms with Crippen molar-refractivity contribution in [2.45, 2.75) is 19.4 Å². The van der Waals surface area contributed by atoms with Gasteiger partial charge in [-0.2, -0.15) is 0 Å². The molecule has 4 rings (SSSR count). The number of rotatable bonds is 2. The predicted molar refractivity (Wildman–Crippen MR) is 87.5 cm³/mol. The number of benzene rings is 1. The number of likely N-dealkylation sites (tertiary alicyclic amines) is 1. The van der Waals surface area contributed by atoms with E-state index in [4.69, 9.17) is 0 Å². The zero-order valence-corrected chi connectivity index (χ0v) is 12.6. The zero-order valence-electron chi connectivity index (χ0n) is 12.6. The van der Waals surface area contributed by atoms with Crippen LogP contribution in [-0.2, 0) is 6.54 Å². The van der Waals surface area contributed by atoms with E-state index in [9.17, 15) is 4.79 Å². The van der Waals surface area contributed by atoms with Gasteiger partial charge >= 0.3 is 6.03 Å². The van der Waals surface area contributed by atoms with Crippen LogP contribution in [0.25, 0.3) is 10.9 Å². The highest BCUT2D eigenvalue weighted by atomic mass is 16.2. The van der Waals surface area contributed by atoms with Crippen LogP contribution in [0.3, 0.4) is 0 Å². The molecule has 1 aromatic heterocycles. The number of hydrogen-bond acceptors (Lipinski definition) is 1. The average Bonchev–Trinajstić information content (AvgIpc) is 3.15. The number of nitrogens with one attached hydrogen (secondary N) is 2. The van der Waals surface area contributed by atoms with E-state index >= 15 is 0 Å². The van der Waals surface area contributed by atoms with E-state index in [0.29, 0.717) is 18.4 Å². The van der Waals surface area contributed by atoms with Gasteiger partial charge in [0.25, 0.3) is 0 Å². The maximum Gasteiger partial charge on any atom is 0.317 e. The fourth-order valence-electron chi connectivity index (χ4n) is 3.69. The lowest BCUT2D eigenvalue weighted by molar-refractivity contribution is 0.206. The van der Waals surface area contributed by atoms with Crippen molar-refractivity contribution in [3.8, 4) is 0 Å². The van der Waals surface area contributed by atoms with Crippen LogP contribution < -0.4 is 5.32 Å². The fourth-order valence-corrected chi connectivity index (χ4v) is 3.69. The minimum Gasteiger partial charge on any atom is -0.357 e. The number of H-pyrrole nitrogens is 1. The largest absolute Gasteiger partial charge is 0.357 e. The molecule has 2 heterocycles. The first-order valence-corrected chi connectivity index (χ1v) is 8.04. The number of para-hydroxylation sites is 1. The highest BCUT2D eigenvalue weighted by Gasteiger charge is 2.34. The van der Waals surface area contributed by atoms with Crippen LogP contribution >= 0.6 is 0 Å². The Balaban J connectivity index is 1.36. The van der Waals surface area contributed by atoms with Gasteiger partial charge in [-0.05, 0) is 42.2 Å². The van der Waals surface area contributed by atoms with Gasteiger partial charge in [-0.1, -0.05) is 30.4 Å². The van der Waals surface area contributed by atoms with Gasteiger partial charge in [0, 0.05) is 24.3 Å². The van der Waals surface area contributed by atoms with Gasteiger partial charge in [0.05, 0.1) is 6.54 Å². The number of nitrogens with zero attached hydrogens (tertiary/aromatic N) is 1. The quantitative estimate of drug-likeness (QED) is 0.821. The monoisotopic (exact) mass is 295 g/mol. The van der Waals surface area contributed by atoms with E-state index < -0.39 is 0 Å². The number of hydrogen-bond donors (Lipinski definition) is 2. The second-order valence-electron chi connectivity index (χ2n) is 6.41. The van der Waals surface area contributed by atoms with Gasteiger partial charge in [0.1, 0.15) is 0 Å². The van der Waals surface area contributed by atoms with Crippen LogP contribution in [0.5, 0.6) is 0 Å². The molecule has 2 aliphatic rings. The summed E-state index contributed by atoms with van der Waals surface area (Å²) >= 11 is 0. The van der Waals surface area contributed by atoms with Crippen molar-refractivity contribution in [3.63, 3.8) is 0 Å². The van der Waals surface area contributed by atoms with E-state index in [-0.39, 0.29) is 6.03 Å². The summed E-state index contributed by atoms with van der Waals surface area (Å²) in [6.45, 7) is 2.35. The molecule has 2 N–H and O–H groups in total. The molecule has 0 spiro atoms. The predicted octanol–water partition coefficient (Wildman–Crippen LogP) is 3.28. The molecule has 2 aromatic rings. The van der Waals surface area contributed by atoms with Crippen LogP contribution in [0.15, 0.2) is 42.5 Å². The van der Waals surface area contributed by atoms with Crippen molar-refractivity contribution in [3.05, 3.63) is 48.2 Å². The van der Waals surface area contributed by atoms with Crippen molar-refractivity contribution in [1.29, 1.82) is 0 Å². The standard InChI is InChI=1S/C18H21N3O/c22-18(21-11-14-6-1-2-7-15(14)12-21)19-10-16-9-13-5-3-4-8-17(13)20-16/h1-5,8-9,14-15,20H,6-7,10-12H2,(H,19,22). The Kier molecular flexibility index (Phi) is 3.37. The maximum absolute atomic E-state index is 12.4. The summed E-state index contributed by atoms with van der Waals surface area (Å²) in [7, 11) is 0. The molecule has 2 atom stereocenters. The van der Waals surface area contributed by atoms with Crippen molar-refractivity contribution >= 4 is 16.9 Å². The molecule has 0 bridgehead atoms. The van der Waals surface area contributed by atoms with Crippen LogP contribution in [-0.4, -0.2) is 29.0 Å². The molecule has 4 heteroatoms. The molecule has 1 fully saturated rings. The Morgan fingerprint density at radius 3 is 2.64 bits per heavy atom. The first kappa shape index (κ1) is 13.4. The van der Waals surface area contributed by atoms with Gasteiger partial charge in [-0.15, -0.1) is 0 Å². The molecule has 4 nitrogen and oxygen atoms in total. The maximum atomic E-state index is 12.4. The van der Waals surface area contributed by atoms with Gasteiger partial charge in [-0.3, -0.25) is 0 Å². The average molecular weight is 295 g/mol. The number of aromatic nitrogens is 1. The Labute approximate surface area is 130 Å².